The van der Waals surface area contributed by atoms with E-state index in [1.54, 1.807) is 0 Å². The van der Waals surface area contributed by atoms with Crippen LogP contribution in [0.2, 0.25) is 0 Å². The molecule has 0 aromatic heterocycles. The molecule has 0 heteroatoms. The molecule has 0 fully saturated rings. The molecule has 0 aromatic rings. The van der Waals surface area contributed by atoms with Crippen molar-refractivity contribution in [2.75, 3.05) is 0 Å². The zero-order chi connectivity index (χ0) is 7.94. The summed E-state index contributed by atoms with van der Waals surface area (Å²) in [6.07, 6.45) is 16.7. The molecule has 2 aliphatic carbocycles. The Morgan fingerprint density at radius 1 is 1.09 bits per heavy atom. The highest BCUT2D eigenvalue weighted by Crippen LogP contribution is 2.14. The van der Waals surface area contributed by atoms with E-state index in [2.05, 4.69) is 43.4 Å². The molecular formula is C11H16. The number of rotatable bonds is 0. The first-order valence-electron chi connectivity index (χ1n) is 4.38. The van der Waals surface area contributed by atoms with Crippen LogP contribution in [0.4, 0.5) is 0 Å². The lowest BCUT2D eigenvalue weighted by Gasteiger charge is -1.89. The molecule has 0 aromatic carbocycles. The molecule has 0 saturated heterocycles. The van der Waals surface area contributed by atoms with E-state index in [1.165, 1.54) is 12.8 Å². The fourth-order valence-electron chi connectivity index (χ4n) is 1.18. The second-order valence-electron chi connectivity index (χ2n) is 3.07. The lowest BCUT2D eigenvalue weighted by Crippen LogP contribution is -1.76. The predicted octanol–water partition coefficient (Wildman–Crippen LogP) is 3.48. The molecule has 0 amide bonds. The molecule has 0 heterocycles. The second kappa shape index (κ2) is 4.95. The Bertz CT molecular complexity index is 162. The Morgan fingerprint density at radius 2 is 1.82 bits per heavy atom. The zero-order valence-electron chi connectivity index (χ0n) is 7.16. The van der Waals surface area contributed by atoms with Crippen molar-refractivity contribution in [1.29, 1.82) is 0 Å². The molecule has 2 rings (SSSR count). The van der Waals surface area contributed by atoms with Crippen molar-refractivity contribution < 1.29 is 0 Å². The van der Waals surface area contributed by atoms with Crippen LogP contribution in [-0.2, 0) is 0 Å². The first-order valence-corrected chi connectivity index (χ1v) is 4.38. The molecule has 0 bridgehead atoms. The topological polar surface area (TPSA) is 0 Å². The third-order valence-electron chi connectivity index (χ3n) is 1.91. The maximum absolute atomic E-state index is 2.28. The van der Waals surface area contributed by atoms with Crippen LogP contribution in [0.15, 0.2) is 36.5 Å². The summed E-state index contributed by atoms with van der Waals surface area (Å²) >= 11 is 0. The Labute approximate surface area is 69.3 Å². The van der Waals surface area contributed by atoms with Crippen molar-refractivity contribution in [3.05, 3.63) is 36.5 Å². The fourth-order valence-corrected chi connectivity index (χ4v) is 1.18. The van der Waals surface area contributed by atoms with Gasteiger partial charge in [0.1, 0.15) is 0 Å². The van der Waals surface area contributed by atoms with Gasteiger partial charge in [0.05, 0.1) is 0 Å². The third kappa shape index (κ3) is 3.82. The highest BCUT2D eigenvalue weighted by atomic mass is 14.0. The minimum absolute atomic E-state index is 0.866. The van der Waals surface area contributed by atoms with Gasteiger partial charge >= 0.3 is 0 Å². The molecule has 60 valence electrons. The molecule has 0 N–H and O–H groups in total. The summed E-state index contributed by atoms with van der Waals surface area (Å²) in [5.74, 6) is 0.866. The number of hydrogen-bond donors (Lipinski definition) is 0. The van der Waals surface area contributed by atoms with Crippen molar-refractivity contribution in [2.24, 2.45) is 5.92 Å². The first-order chi connectivity index (χ1) is 5.39. The summed E-state index contributed by atoms with van der Waals surface area (Å²) in [6, 6.07) is 0. The molecule has 1 unspecified atom stereocenters. The minimum Gasteiger partial charge on any atom is -0.0882 e. The Kier molecular flexibility index (Phi) is 3.74. The van der Waals surface area contributed by atoms with Crippen LogP contribution in [0.1, 0.15) is 26.2 Å². The summed E-state index contributed by atoms with van der Waals surface area (Å²) in [5, 5.41) is 0. The maximum atomic E-state index is 2.28. The van der Waals surface area contributed by atoms with Crippen molar-refractivity contribution in [3.63, 3.8) is 0 Å². The summed E-state index contributed by atoms with van der Waals surface area (Å²) in [7, 11) is 0. The highest BCUT2D eigenvalue weighted by Gasteiger charge is 1.98. The van der Waals surface area contributed by atoms with Gasteiger partial charge < -0.3 is 0 Å². The van der Waals surface area contributed by atoms with Crippen LogP contribution < -0.4 is 0 Å². The molecule has 0 spiro atoms. The minimum atomic E-state index is 0.866. The van der Waals surface area contributed by atoms with Gasteiger partial charge in [-0.25, -0.2) is 0 Å². The largest absolute Gasteiger partial charge is 0.0882 e. The van der Waals surface area contributed by atoms with Crippen molar-refractivity contribution in [2.45, 2.75) is 26.2 Å². The average molecular weight is 148 g/mol. The Morgan fingerprint density at radius 3 is 2.00 bits per heavy atom. The lowest BCUT2D eigenvalue weighted by atomic mass is 10.2. The summed E-state index contributed by atoms with van der Waals surface area (Å²) in [4.78, 5) is 0. The molecule has 1 atom stereocenters. The first kappa shape index (κ1) is 8.32. The van der Waals surface area contributed by atoms with Crippen LogP contribution in [0.25, 0.3) is 0 Å². The molecule has 2 aliphatic rings. The van der Waals surface area contributed by atoms with E-state index in [-0.39, 0.29) is 0 Å². The van der Waals surface area contributed by atoms with Gasteiger partial charge in [0.25, 0.3) is 0 Å². The zero-order valence-corrected chi connectivity index (χ0v) is 7.16. The standard InChI is InChI=1S/C6H10.C5H6/c1-6-4-2-3-5-6;1-2-4-5-3-1/h2,4,6H,3,5H2,1H3;1-4H,5H2. The summed E-state index contributed by atoms with van der Waals surface area (Å²) in [5.41, 5.74) is 0. The van der Waals surface area contributed by atoms with E-state index >= 15 is 0 Å². The van der Waals surface area contributed by atoms with Crippen LogP contribution in [0.3, 0.4) is 0 Å². The molecule has 0 radical (unpaired) electrons. The number of allylic oxidation sites excluding steroid dienone is 6. The van der Waals surface area contributed by atoms with Crippen LogP contribution in [0, 0.1) is 5.92 Å². The normalized spacial score (nSPS) is 25.4. The van der Waals surface area contributed by atoms with Gasteiger partial charge in [0.15, 0.2) is 0 Å². The van der Waals surface area contributed by atoms with E-state index in [0.717, 1.165) is 12.3 Å². The molecule has 11 heavy (non-hydrogen) atoms. The maximum Gasteiger partial charge on any atom is -0.0163 e. The highest BCUT2D eigenvalue weighted by molar-refractivity contribution is 5.11. The number of hydrogen-bond acceptors (Lipinski definition) is 0. The monoisotopic (exact) mass is 148 g/mol. The quantitative estimate of drug-likeness (QED) is 0.461. The van der Waals surface area contributed by atoms with Gasteiger partial charge in [-0.15, -0.1) is 0 Å². The van der Waals surface area contributed by atoms with Crippen molar-refractivity contribution >= 4 is 0 Å². The van der Waals surface area contributed by atoms with Crippen LogP contribution in [0.5, 0.6) is 0 Å². The third-order valence-corrected chi connectivity index (χ3v) is 1.91. The van der Waals surface area contributed by atoms with E-state index < -0.39 is 0 Å². The SMILES string of the molecule is C1=CCC=C1.CC1C=CCC1. The van der Waals surface area contributed by atoms with Crippen molar-refractivity contribution in [3.8, 4) is 0 Å². The van der Waals surface area contributed by atoms with Gasteiger partial charge in [-0.1, -0.05) is 43.4 Å². The molecule has 0 nitrogen and oxygen atoms in total. The Hall–Kier alpha value is -0.780. The van der Waals surface area contributed by atoms with E-state index in [0.29, 0.717) is 0 Å². The molecule has 0 aliphatic heterocycles. The van der Waals surface area contributed by atoms with Gasteiger partial charge in [-0.3, -0.25) is 0 Å². The fraction of sp³-hybridized carbons (Fsp3) is 0.455. The second-order valence-corrected chi connectivity index (χ2v) is 3.07. The Balaban J connectivity index is 0.000000112. The van der Waals surface area contributed by atoms with Gasteiger partial charge in [0.2, 0.25) is 0 Å². The molecular weight excluding hydrogens is 132 g/mol. The van der Waals surface area contributed by atoms with Crippen LogP contribution >= 0.6 is 0 Å². The van der Waals surface area contributed by atoms with E-state index in [1.807, 2.05) is 0 Å². The van der Waals surface area contributed by atoms with E-state index in [4.69, 9.17) is 0 Å². The predicted molar refractivity (Wildman–Crippen MR) is 50.4 cm³/mol. The average Bonchev–Trinajstić information content (AvgIpc) is 2.57. The lowest BCUT2D eigenvalue weighted by molar-refractivity contribution is 0.701. The van der Waals surface area contributed by atoms with Crippen LogP contribution in [-0.4, -0.2) is 0 Å². The smallest absolute Gasteiger partial charge is 0.0163 e. The summed E-state index contributed by atoms with van der Waals surface area (Å²) in [6.45, 7) is 2.25. The van der Waals surface area contributed by atoms with Crippen molar-refractivity contribution in [1.82, 2.24) is 0 Å². The molecule has 0 saturated carbocycles. The van der Waals surface area contributed by atoms with Gasteiger partial charge in [0, 0.05) is 0 Å². The van der Waals surface area contributed by atoms with E-state index in [9.17, 15) is 0 Å². The summed E-state index contributed by atoms with van der Waals surface area (Å²) < 4.78 is 0. The van der Waals surface area contributed by atoms with Gasteiger partial charge in [-0.05, 0) is 25.2 Å². The van der Waals surface area contributed by atoms with Gasteiger partial charge in [-0.2, -0.15) is 0 Å².